The summed E-state index contributed by atoms with van der Waals surface area (Å²) in [4.78, 5) is 12.4. The van der Waals surface area contributed by atoms with E-state index >= 15 is 0 Å². The van der Waals surface area contributed by atoms with E-state index in [1.54, 1.807) is 4.31 Å². The molecule has 1 aliphatic heterocycles. The SMILES string of the molecule is CCCS(=O)(=O)N1CCC(NC(=O)c2cc3ccccn3c2)CC1. The molecule has 7 heteroatoms. The van der Waals surface area contributed by atoms with Crippen LogP contribution in [0.4, 0.5) is 0 Å². The standard InChI is InChI=1S/C17H23N3O3S/c1-2-11-24(22,23)20-9-6-15(7-10-20)18-17(21)14-12-16-5-3-4-8-19(16)13-14/h3-5,8,12-13,15H,2,6-7,9-11H2,1H3,(H,18,21). The van der Waals surface area contributed by atoms with E-state index in [0.29, 0.717) is 37.9 Å². The minimum atomic E-state index is -3.14. The van der Waals surface area contributed by atoms with E-state index < -0.39 is 10.0 Å². The molecular weight excluding hydrogens is 326 g/mol. The molecule has 2 aromatic heterocycles. The molecule has 0 unspecified atom stereocenters. The minimum Gasteiger partial charge on any atom is -0.349 e. The van der Waals surface area contributed by atoms with Crippen LogP contribution in [-0.4, -0.2) is 47.9 Å². The van der Waals surface area contributed by atoms with Crippen LogP contribution in [0, 0.1) is 0 Å². The van der Waals surface area contributed by atoms with E-state index in [9.17, 15) is 13.2 Å². The highest BCUT2D eigenvalue weighted by atomic mass is 32.2. The van der Waals surface area contributed by atoms with Gasteiger partial charge < -0.3 is 9.72 Å². The lowest BCUT2D eigenvalue weighted by atomic mass is 10.1. The molecular formula is C17H23N3O3S. The van der Waals surface area contributed by atoms with Crippen molar-refractivity contribution in [3.63, 3.8) is 0 Å². The number of carbonyl (C=O) groups excluding carboxylic acids is 1. The van der Waals surface area contributed by atoms with Crippen molar-refractivity contribution in [2.45, 2.75) is 32.2 Å². The number of piperidine rings is 1. The fraction of sp³-hybridized carbons (Fsp3) is 0.471. The molecule has 130 valence electrons. The highest BCUT2D eigenvalue weighted by Gasteiger charge is 2.28. The lowest BCUT2D eigenvalue weighted by Crippen LogP contribution is -2.47. The first-order chi connectivity index (χ1) is 11.5. The summed E-state index contributed by atoms with van der Waals surface area (Å²) in [6.07, 6.45) is 5.65. The molecule has 0 radical (unpaired) electrons. The van der Waals surface area contributed by atoms with E-state index in [4.69, 9.17) is 0 Å². The zero-order chi connectivity index (χ0) is 17.2. The van der Waals surface area contributed by atoms with Crippen LogP contribution in [0.5, 0.6) is 0 Å². The number of fused-ring (bicyclic) bond motifs is 1. The van der Waals surface area contributed by atoms with Crippen LogP contribution in [0.15, 0.2) is 36.7 Å². The number of nitrogens with one attached hydrogen (secondary N) is 1. The number of amides is 1. The summed E-state index contributed by atoms with van der Waals surface area (Å²) in [6, 6.07) is 7.68. The minimum absolute atomic E-state index is 0.0218. The van der Waals surface area contributed by atoms with Gasteiger partial charge in [-0.2, -0.15) is 0 Å². The van der Waals surface area contributed by atoms with Gasteiger partial charge in [0.25, 0.3) is 5.91 Å². The van der Waals surface area contributed by atoms with Gasteiger partial charge >= 0.3 is 0 Å². The van der Waals surface area contributed by atoms with Gasteiger partial charge in [0.05, 0.1) is 11.3 Å². The second-order valence-electron chi connectivity index (χ2n) is 6.22. The average molecular weight is 349 g/mol. The van der Waals surface area contributed by atoms with E-state index in [1.165, 1.54) is 0 Å². The van der Waals surface area contributed by atoms with Crippen LogP contribution in [0.3, 0.4) is 0 Å². The normalized spacial score (nSPS) is 17.2. The summed E-state index contributed by atoms with van der Waals surface area (Å²) in [7, 11) is -3.14. The molecule has 1 saturated heterocycles. The van der Waals surface area contributed by atoms with E-state index in [0.717, 1.165) is 5.52 Å². The van der Waals surface area contributed by atoms with Crippen molar-refractivity contribution in [2.75, 3.05) is 18.8 Å². The van der Waals surface area contributed by atoms with Crippen molar-refractivity contribution in [1.82, 2.24) is 14.0 Å². The van der Waals surface area contributed by atoms with Crippen LogP contribution < -0.4 is 5.32 Å². The van der Waals surface area contributed by atoms with Gasteiger partial charge in [-0.3, -0.25) is 4.79 Å². The van der Waals surface area contributed by atoms with Gasteiger partial charge in [0, 0.05) is 37.0 Å². The molecule has 6 nitrogen and oxygen atoms in total. The Morgan fingerprint density at radius 1 is 1.29 bits per heavy atom. The quantitative estimate of drug-likeness (QED) is 0.896. The Kier molecular flexibility index (Phi) is 4.91. The maximum Gasteiger partial charge on any atom is 0.253 e. The Hall–Kier alpha value is -1.86. The molecule has 3 rings (SSSR count). The van der Waals surface area contributed by atoms with Crippen LogP contribution in [-0.2, 0) is 10.0 Å². The largest absolute Gasteiger partial charge is 0.349 e. The Labute approximate surface area is 142 Å². The Morgan fingerprint density at radius 2 is 2.04 bits per heavy atom. The molecule has 0 spiro atoms. The highest BCUT2D eigenvalue weighted by Crippen LogP contribution is 2.16. The predicted molar refractivity (Wildman–Crippen MR) is 93.5 cm³/mol. The van der Waals surface area contributed by atoms with E-state index in [1.807, 2.05) is 48.0 Å². The van der Waals surface area contributed by atoms with Crippen molar-refractivity contribution >= 4 is 21.4 Å². The second-order valence-corrected chi connectivity index (χ2v) is 8.31. The zero-order valence-electron chi connectivity index (χ0n) is 13.8. The van der Waals surface area contributed by atoms with E-state index in [2.05, 4.69) is 5.32 Å². The molecule has 24 heavy (non-hydrogen) atoms. The number of carbonyl (C=O) groups is 1. The first kappa shape index (κ1) is 17.0. The van der Waals surface area contributed by atoms with Crippen molar-refractivity contribution in [3.8, 4) is 0 Å². The van der Waals surface area contributed by atoms with Crippen molar-refractivity contribution in [2.24, 2.45) is 0 Å². The van der Waals surface area contributed by atoms with Crippen LogP contribution in [0.2, 0.25) is 0 Å². The Morgan fingerprint density at radius 3 is 2.71 bits per heavy atom. The molecule has 0 atom stereocenters. The van der Waals surface area contributed by atoms with E-state index in [-0.39, 0.29) is 17.7 Å². The van der Waals surface area contributed by atoms with Crippen LogP contribution in [0.25, 0.3) is 5.52 Å². The fourth-order valence-corrected chi connectivity index (χ4v) is 4.65. The molecule has 1 amide bonds. The number of aromatic nitrogens is 1. The fourth-order valence-electron chi connectivity index (χ4n) is 3.11. The number of hydrogen-bond donors (Lipinski definition) is 1. The predicted octanol–water partition coefficient (Wildman–Crippen LogP) is 1.87. The second kappa shape index (κ2) is 6.94. The first-order valence-electron chi connectivity index (χ1n) is 8.35. The molecule has 0 bridgehead atoms. The molecule has 2 aromatic rings. The zero-order valence-corrected chi connectivity index (χ0v) is 14.6. The highest BCUT2D eigenvalue weighted by molar-refractivity contribution is 7.89. The Bertz CT molecular complexity index is 787. The van der Waals surface area contributed by atoms with Gasteiger partial charge in [-0.1, -0.05) is 13.0 Å². The number of hydrogen-bond acceptors (Lipinski definition) is 3. The number of pyridine rings is 1. The Balaban J connectivity index is 1.59. The number of rotatable bonds is 5. The van der Waals surface area contributed by atoms with Gasteiger partial charge in [0.2, 0.25) is 10.0 Å². The van der Waals surface area contributed by atoms with Gasteiger partial charge in [0.1, 0.15) is 0 Å². The molecule has 1 aliphatic rings. The van der Waals surface area contributed by atoms with Gasteiger partial charge in [-0.05, 0) is 37.5 Å². The smallest absolute Gasteiger partial charge is 0.253 e. The summed E-state index contributed by atoms with van der Waals surface area (Å²) >= 11 is 0. The van der Waals surface area contributed by atoms with Crippen LogP contribution in [0.1, 0.15) is 36.5 Å². The molecule has 3 heterocycles. The molecule has 1 N–H and O–H groups in total. The van der Waals surface area contributed by atoms with Gasteiger partial charge in [0.15, 0.2) is 0 Å². The first-order valence-corrected chi connectivity index (χ1v) is 9.96. The summed E-state index contributed by atoms with van der Waals surface area (Å²) in [5.41, 5.74) is 1.60. The van der Waals surface area contributed by atoms with Crippen molar-refractivity contribution in [1.29, 1.82) is 0 Å². The van der Waals surface area contributed by atoms with Crippen molar-refractivity contribution < 1.29 is 13.2 Å². The van der Waals surface area contributed by atoms with Crippen molar-refractivity contribution in [3.05, 3.63) is 42.2 Å². The summed E-state index contributed by atoms with van der Waals surface area (Å²) in [5.74, 6) is 0.0926. The topological polar surface area (TPSA) is 70.9 Å². The lowest BCUT2D eigenvalue weighted by Gasteiger charge is -2.31. The molecule has 0 saturated carbocycles. The third kappa shape index (κ3) is 3.62. The van der Waals surface area contributed by atoms with Gasteiger partial charge in [-0.25, -0.2) is 12.7 Å². The summed E-state index contributed by atoms with van der Waals surface area (Å²) < 4.78 is 27.6. The maximum atomic E-state index is 12.4. The third-order valence-corrected chi connectivity index (χ3v) is 6.49. The summed E-state index contributed by atoms with van der Waals surface area (Å²) in [6.45, 7) is 2.82. The number of nitrogens with zero attached hydrogens (tertiary/aromatic N) is 2. The lowest BCUT2D eigenvalue weighted by molar-refractivity contribution is 0.0924. The third-order valence-electron chi connectivity index (χ3n) is 4.41. The molecule has 1 fully saturated rings. The average Bonchev–Trinajstić information content (AvgIpc) is 2.99. The maximum absolute atomic E-state index is 12.4. The molecule has 0 aromatic carbocycles. The van der Waals surface area contributed by atoms with Gasteiger partial charge in [-0.15, -0.1) is 0 Å². The molecule has 0 aliphatic carbocycles. The van der Waals surface area contributed by atoms with Crippen LogP contribution >= 0.6 is 0 Å². The summed E-state index contributed by atoms with van der Waals surface area (Å²) in [5, 5.41) is 3.03. The number of sulfonamides is 1. The monoisotopic (exact) mass is 349 g/mol.